The molecule has 2 aromatic carbocycles. The average Bonchev–Trinajstić information content (AvgIpc) is 2.55. The monoisotopic (exact) mass is 345 g/mol. The van der Waals surface area contributed by atoms with Crippen LogP contribution in [0.5, 0.6) is 0 Å². The Morgan fingerprint density at radius 1 is 1.04 bits per heavy atom. The molecule has 1 aliphatic heterocycles. The van der Waals surface area contributed by atoms with Gasteiger partial charge in [0.25, 0.3) is 0 Å². The zero-order chi connectivity index (χ0) is 16.2. The lowest BCUT2D eigenvalue weighted by Crippen LogP contribution is -2.50. The van der Waals surface area contributed by atoms with Crippen molar-refractivity contribution in [2.45, 2.75) is 6.92 Å². The molecule has 2 aromatic rings. The van der Waals surface area contributed by atoms with Crippen molar-refractivity contribution < 1.29 is 0 Å². The van der Waals surface area contributed by atoms with E-state index < -0.39 is 0 Å². The number of halogens is 1. The lowest BCUT2D eigenvalue weighted by molar-refractivity contribution is 0.391. The maximum Gasteiger partial charge on any atom is 0.173 e. The smallest absolute Gasteiger partial charge is 0.173 e. The van der Waals surface area contributed by atoms with E-state index in [1.807, 2.05) is 30.3 Å². The Bertz CT molecular complexity index is 696. The number of anilines is 2. The Balaban J connectivity index is 1.58. The SMILES string of the molecule is Cc1cccc(NC(=S)N2CCN(c3ccccc3Cl)CC2)c1. The molecule has 0 spiro atoms. The van der Waals surface area contributed by atoms with Crippen LogP contribution in [-0.2, 0) is 0 Å². The molecule has 3 nitrogen and oxygen atoms in total. The number of benzene rings is 2. The van der Waals surface area contributed by atoms with Crippen LogP contribution in [0.15, 0.2) is 48.5 Å². The van der Waals surface area contributed by atoms with E-state index in [4.69, 9.17) is 23.8 Å². The van der Waals surface area contributed by atoms with Gasteiger partial charge in [-0.15, -0.1) is 0 Å². The van der Waals surface area contributed by atoms with Crippen LogP contribution in [0, 0.1) is 6.92 Å². The van der Waals surface area contributed by atoms with Crippen molar-refractivity contribution in [3.05, 3.63) is 59.1 Å². The van der Waals surface area contributed by atoms with Gasteiger partial charge in [0.15, 0.2) is 5.11 Å². The van der Waals surface area contributed by atoms with Crippen molar-refractivity contribution in [1.82, 2.24) is 4.90 Å². The molecule has 5 heteroatoms. The van der Waals surface area contributed by atoms with Gasteiger partial charge in [-0.05, 0) is 49.0 Å². The Hall–Kier alpha value is -1.78. The highest BCUT2D eigenvalue weighted by molar-refractivity contribution is 7.80. The summed E-state index contributed by atoms with van der Waals surface area (Å²) >= 11 is 11.8. The minimum atomic E-state index is 0.786. The van der Waals surface area contributed by atoms with Gasteiger partial charge in [0.1, 0.15) is 0 Å². The van der Waals surface area contributed by atoms with E-state index >= 15 is 0 Å². The Kier molecular flexibility index (Phi) is 5.03. The van der Waals surface area contributed by atoms with Gasteiger partial charge in [-0.25, -0.2) is 0 Å². The van der Waals surface area contributed by atoms with Crippen LogP contribution >= 0.6 is 23.8 Å². The molecule has 3 rings (SSSR count). The zero-order valence-corrected chi connectivity index (χ0v) is 14.7. The number of nitrogens with one attached hydrogen (secondary N) is 1. The van der Waals surface area contributed by atoms with E-state index in [2.05, 4.69) is 40.2 Å². The maximum atomic E-state index is 6.29. The second-order valence-corrected chi connectivity index (χ2v) is 6.52. The van der Waals surface area contributed by atoms with Crippen molar-refractivity contribution in [1.29, 1.82) is 0 Å². The summed E-state index contributed by atoms with van der Waals surface area (Å²) in [7, 11) is 0. The number of hydrogen-bond donors (Lipinski definition) is 1. The minimum absolute atomic E-state index is 0.786. The highest BCUT2D eigenvalue weighted by Crippen LogP contribution is 2.26. The third-order valence-corrected chi connectivity index (χ3v) is 4.71. The molecule has 0 saturated carbocycles. The molecule has 0 unspecified atom stereocenters. The molecule has 1 aliphatic rings. The molecule has 0 radical (unpaired) electrons. The first kappa shape index (κ1) is 16.1. The molecule has 1 N–H and O–H groups in total. The molecular weight excluding hydrogens is 326 g/mol. The molecule has 1 heterocycles. The third-order valence-electron chi connectivity index (χ3n) is 4.03. The highest BCUT2D eigenvalue weighted by Gasteiger charge is 2.20. The van der Waals surface area contributed by atoms with Gasteiger partial charge in [0.05, 0.1) is 10.7 Å². The number of hydrogen-bond acceptors (Lipinski definition) is 2. The number of aryl methyl sites for hydroxylation is 1. The van der Waals surface area contributed by atoms with Gasteiger partial charge in [-0.3, -0.25) is 0 Å². The molecule has 23 heavy (non-hydrogen) atoms. The van der Waals surface area contributed by atoms with E-state index in [0.29, 0.717) is 0 Å². The molecule has 0 bridgehead atoms. The fraction of sp³-hybridized carbons (Fsp3) is 0.278. The van der Waals surface area contributed by atoms with Crippen molar-refractivity contribution in [3.63, 3.8) is 0 Å². The summed E-state index contributed by atoms with van der Waals surface area (Å²) in [6.45, 7) is 5.70. The van der Waals surface area contributed by atoms with Crippen LogP contribution in [0.4, 0.5) is 11.4 Å². The van der Waals surface area contributed by atoms with E-state index in [0.717, 1.165) is 47.7 Å². The summed E-state index contributed by atoms with van der Waals surface area (Å²) in [6.07, 6.45) is 0. The fourth-order valence-electron chi connectivity index (χ4n) is 2.78. The van der Waals surface area contributed by atoms with Crippen LogP contribution in [0.1, 0.15) is 5.56 Å². The minimum Gasteiger partial charge on any atom is -0.367 e. The quantitative estimate of drug-likeness (QED) is 0.823. The number of para-hydroxylation sites is 1. The van der Waals surface area contributed by atoms with Gasteiger partial charge in [0.2, 0.25) is 0 Å². The summed E-state index contributed by atoms with van der Waals surface area (Å²) in [5.74, 6) is 0. The van der Waals surface area contributed by atoms with Crippen molar-refractivity contribution in [2.75, 3.05) is 36.4 Å². The topological polar surface area (TPSA) is 18.5 Å². The number of rotatable bonds is 2. The first-order valence-corrected chi connectivity index (χ1v) is 8.54. The van der Waals surface area contributed by atoms with E-state index in [1.165, 1.54) is 5.56 Å². The van der Waals surface area contributed by atoms with E-state index in [9.17, 15) is 0 Å². The highest BCUT2D eigenvalue weighted by atomic mass is 35.5. The van der Waals surface area contributed by atoms with E-state index in [1.54, 1.807) is 0 Å². The lowest BCUT2D eigenvalue weighted by Gasteiger charge is -2.37. The summed E-state index contributed by atoms with van der Waals surface area (Å²) < 4.78 is 0. The molecular formula is C18H20ClN3S. The molecule has 1 saturated heterocycles. The van der Waals surface area contributed by atoms with Crippen molar-refractivity contribution in [2.24, 2.45) is 0 Å². The summed E-state index contributed by atoms with van der Waals surface area (Å²) in [5, 5.41) is 4.92. The predicted molar refractivity (Wildman–Crippen MR) is 103 cm³/mol. The van der Waals surface area contributed by atoms with Gasteiger partial charge >= 0.3 is 0 Å². The molecule has 120 valence electrons. The second kappa shape index (κ2) is 7.20. The Morgan fingerprint density at radius 2 is 1.78 bits per heavy atom. The van der Waals surface area contributed by atoms with Crippen LogP contribution < -0.4 is 10.2 Å². The van der Waals surface area contributed by atoms with Gasteiger partial charge in [-0.1, -0.05) is 35.9 Å². The summed E-state index contributed by atoms with van der Waals surface area (Å²) in [5.41, 5.74) is 3.37. The normalized spacial score (nSPS) is 14.7. The molecule has 0 aromatic heterocycles. The summed E-state index contributed by atoms with van der Waals surface area (Å²) in [4.78, 5) is 4.53. The third kappa shape index (κ3) is 3.95. The number of piperazine rings is 1. The molecule has 0 amide bonds. The Morgan fingerprint density at radius 3 is 2.48 bits per heavy atom. The van der Waals surface area contributed by atoms with Gasteiger partial charge in [-0.2, -0.15) is 0 Å². The van der Waals surface area contributed by atoms with Crippen LogP contribution in [0.25, 0.3) is 0 Å². The van der Waals surface area contributed by atoms with Crippen molar-refractivity contribution in [3.8, 4) is 0 Å². The maximum absolute atomic E-state index is 6.29. The first-order valence-electron chi connectivity index (χ1n) is 7.75. The van der Waals surface area contributed by atoms with Gasteiger partial charge in [0, 0.05) is 31.9 Å². The lowest BCUT2D eigenvalue weighted by atomic mass is 10.2. The molecule has 1 fully saturated rings. The fourth-order valence-corrected chi connectivity index (χ4v) is 3.34. The van der Waals surface area contributed by atoms with Crippen LogP contribution in [-0.4, -0.2) is 36.2 Å². The number of thiocarbonyl (C=S) groups is 1. The second-order valence-electron chi connectivity index (χ2n) is 5.73. The van der Waals surface area contributed by atoms with Crippen molar-refractivity contribution >= 4 is 40.3 Å². The predicted octanol–water partition coefficient (Wildman–Crippen LogP) is 4.17. The van der Waals surface area contributed by atoms with E-state index in [-0.39, 0.29) is 0 Å². The first-order chi connectivity index (χ1) is 11.1. The molecule has 0 aliphatic carbocycles. The summed E-state index contributed by atoms with van der Waals surface area (Å²) in [6, 6.07) is 16.3. The van der Waals surface area contributed by atoms with Crippen LogP contribution in [0.2, 0.25) is 5.02 Å². The largest absolute Gasteiger partial charge is 0.367 e. The Labute approximate surface area is 147 Å². The molecule has 0 atom stereocenters. The van der Waals surface area contributed by atoms with Gasteiger partial charge < -0.3 is 15.1 Å². The zero-order valence-electron chi connectivity index (χ0n) is 13.1. The average molecular weight is 346 g/mol. The standard InChI is InChI=1S/C18H20ClN3S/c1-14-5-4-6-15(13-14)20-18(23)22-11-9-21(10-12-22)17-8-3-2-7-16(17)19/h2-8,13H,9-12H2,1H3,(H,20,23). The van der Waals surface area contributed by atoms with Crippen LogP contribution in [0.3, 0.4) is 0 Å². The number of nitrogens with zero attached hydrogens (tertiary/aromatic N) is 2.